The highest BCUT2D eigenvalue weighted by Gasteiger charge is 2.23. The summed E-state index contributed by atoms with van der Waals surface area (Å²) in [6.07, 6.45) is -0.197. The lowest BCUT2D eigenvalue weighted by Crippen LogP contribution is -2.38. The Hall–Kier alpha value is -3.42. The van der Waals surface area contributed by atoms with Gasteiger partial charge in [-0.15, -0.1) is 0 Å². The van der Waals surface area contributed by atoms with Crippen LogP contribution in [0.2, 0.25) is 0 Å². The van der Waals surface area contributed by atoms with Crippen molar-refractivity contribution in [3.05, 3.63) is 69.8 Å². The summed E-state index contributed by atoms with van der Waals surface area (Å²) in [5.74, 6) is -1.09. The normalized spacial score (nSPS) is 12.5. The topological polar surface area (TPSA) is 111 Å². The Bertz CT molecular complexity index is 870. The molecule has 0 saturated carbocycles. The Labute approximate surface area is 169 Å². The van der Waals surface area contributed by atoms with Crippen LogP contribution >= 0.6 is 0 Å². The fraction of sp³-hybridized carbons (Fsp3) is 0.333. The van der Waals surface area contributed by atoms with E-state index in [4.69, 9.17) is 4.74 Å². The number of hydrogen-bond donors (Lipinski definition) is 2. The van der Waals surface area contributed by atoms with Crippen LogP contribution in [0.3, 0.4) is 0 Å². The van der Waals surface area contributed by atoms with E-state index >= 15 is 0 Å². The number of nitro groups is 1. The Morgan fingerprint density at radius 1 is 1.17 bits per heavy atom. The van der Waals surface area contributed by atoms with Gasteiger partial charge in [-0.25, -0.2) is 4.79 Å². The molecule has 0 unspecified atom stereocenters. The van der Waals surface area contributed by atoms with E-state index in [2.05, 4.69) is 10.6 Å². The maximum Gasteiger partial charge on any atom is 0.341 e. The van der Waals surface area contributed by atoms with E-state index in [0.29, 0.717) is 12.2 Å². The second-order valence-electron chi connectivity index (χ2n) is 6.55. The molecule has 0 aromatic heterocycles. The molecular weight excluding hydrogens is 374 g/mol. The Morgan fingerprint density at radius 3 is 2.45 bits per heavy atom. The molecule has 0 aliphatic heterocycles. The molecule has 0 spiro atoms. The van der Waals surface area contributed by atoms with E-state index in [1.54, 1.807) is 7.05 Å². The van der Waals surface area contributed by atoms with Gasteiger partial charge in [0.25, 0.3) is 11.6 Å². The summed E-state index contributed by atoms with van der Waals surface area (Å²) in [6, 6.07) is 13.7. The number of carbonyl (C=O) groups is 2. The maximum absolute atomic E-state index is 12.5. The van der Waals surface area contributed by atoms with Crippen LogP contribution in [0.25, 0.3) is 0 Å². The van der Waals surface area contributed by atoms with Crippen molar-refractivity contribution in [2.45, 2.75) is 32.3 Å². The van der Waals surface area contributed by atoms with E-state index in [1.165, 1.54) is 19.1 Å². The van der Waals surface area contributed by atoms with Crippen LogP contribution in [0, 0.1) is 10.1 Å². The van der Waals surface area contributed by atoms with Crippen molar-refractivity contribution in [3.8, 4) is 0 Å². The van der Waals surface area contributed by atoms with Crippen LogP contribution in [0.15, 0.2) is 48.5 Å². The quantitative estimate of drug-likeness (QED) is 0.379. The maximum atomic E-state index is 12.5. The van der Waals surface area contributed by atoms with Crippen molar-refractivity contribution < 1.29 is 19.2 Å². The summed E-state index contributed by atoms with van der Waals surface area (Å²) in [4.78, 5) is 35.2. The number of nitro benzene ring substituents is 1. The lowest BCUT2D eigenvalue weighted by atomic mass is 9.96. The van der Waals surface area contributed by atoms with E-state index < -0.39 is 22.9 Å². The number of amides is 1. The number of ether oxygens (including phenoxy) is 1. The average Bonchev–Trinajstić information content (AvgIpc) is 2.74. The van der Waals surface area contributed by atoms with Crippen LogP contribution in [0.1, 0.15) is 42.1 Å². The number of nitrogens with one attached hydrogen (secondary N) is 2. The van der Waals surface area contributed by atoms with Crippen LogP contribution in [-0.2, 0) is 9.53 Å². The highest BCUT2D eigenvalue weighted by atomic mass is 16.6. The standard InChI is InChI=1S/C21H25N3O5/c1-4-15(16-8-6-5-7-9-16)13-23-20(25)14(2)29-21(26)18-12-17(24(27)28)10-11-19(18)22-3/h5-12,14-15,22H,4,13H2,1-3H3,(H,23,25)/t14-,15-/m0/s1. The molecule has 0 radical (unpaired) electrons. The van der Waals surface area contributed by atoms with Crippen LogP contribution in [-0.4, -0.2) is 36.5 Å². The van der Waals surface area contributed by atoms with Crippen molar-refractivity contribution in [2.24, 2.45) is 0 Å². The van der Waals surface area contributed by atoms with Gasteiger partial charge >= 0.3 is 5.97 Å². The highest BCUT2D eigenvalue weighted by Crippen LogP contribution is 2.23. The molecule has 1 amide bonds. The number of carbonyl (C=O) groups excluding carboxylic acids is 2. The molecule has 2 aromatic carbocycles. The second kappa shape index (κ2) is 10.2. The molecule has 2 atom stereocenters. The number of hydrogen-bond acceptors (Lipinski definition) is 6. The van der Waals surface area contributed by atoms with Gasteiger partial charge in [0.2, 0.25) is 0 Å². The summed E-state index contributed by atoms with van der Waals surface area (Å²) in [6.45, 7) is 3.92. The molecule has 2 N–H and O–H groups in total. The van der Waals surface area contributed by atoms with Crippen molar-refractivity contribution in [1.82, 2.24) is 5.32 Å². The first-order chi connectivity index (χ1) is 13.9. The first kappa shape index (κ1) is 21.9. The third-order valence-corrected chi connectivity index (χ3v) is 4.64. The van der Waals surface area contributed by atoms with Gasteiger partial charge in [-0.1, -0.05) is 37.3 Å². The zero-order valence-corrected chi connectivity index (χ0v) is 16.7. The van der Waals surface area contributed by atoms with Crippen molar-refractivity contribution >= 4 is 23.3 Å². The van der Waals surface area contributed by atoms with Gasteiger partial charge < -0.3 is 15.4 Å². The summed E-state index contributed by atoms with van der Waals surface area (Å²) in [5, 5.41) is 16.6. The monoisotopic (exact) mass is 399 g/mol. The Kier molecular flexibility index (Phi) is 7.70. The van der Waals surface area contributed by atoms with Gasteiger partial charge in [0.1, 0.15) is 0 Å². The van der Waals surface area contributed by atoms with Crippen molar-refractivity contribution in [2.75, 3.05) is 18.9 Å². The number of nitrogens with zero attached hydrogens (tertiary/aromatic N) is 1. The van der Waals surface area contributed by atoms with E-state index in [1.807, 2.05) is 37.3 Å². The number of non-ortho nitro benzene ring substituents is 1. The minimum absolute atomic E-state index is 0.00271. The first-order valence-corrected chi connectivity index (χ1v) is 9.37. The molecule has 0 aliphatic carbocycles. The zero-order valence-electron chi connectivity index (χ0n) is 16.7. The molecule has 0 fully saturated rings. The molecule has 0 bridgehead atoms. The molecule has 2 rings (SSSR count). The number of esters is 1. The summed E-state index contributed by atoms with van der Waals surface area (Å²) in [7, 11) is 1.59. The van der Waals surface area contributed by atoms with Gasteiger partial charge in [0, 0.05) is 37.3 Å². The Morgan fingerprint density at radius 2 is 1.86 bits per heavy atom. The summed E-state index contributed by atoms with van der Waals surface area (Å²) < 4.78 is 5.23. The molecule has 154 valence electrons. The molecule has 0 aliphatic rings. The number of rotatable bonds is 9. The van der Waals surface area contributed by atoms with Gasteiger partial charge in [-0.05, 0) is 25.0 Å². The minimum atomic E-state index is -1.04. The molecule has 8 nitrogen and oxygen atoms in total. The van der Waals surface area contributed by atoms with Gasteiger partial charge in [-0.3, -0.25) is 14.9 Å². The zero-order chi connectivity index (χ0) is 21.4. The van der Waals surface area contributed by atoms with Gasteiger partial charge in [0.05, 0.1) is 10.5 Å². The molecule has 0 heterocycles. The fourth-order valence-electron chi connectivity index (χ4n) is 2.90. The lowest BCUT2D eigenvalue weighted by Gasteiger charge is -2.19. The lowest BCUT2D eigenvalue weighted by molar-refractivity contribution is -0.384. The minimum Gasteiger partial charge on any atom is -0.449 e. The van der Waals surface area contributed by atoms with Gasteiger partial charge in [0.15, 0.2) is 6.10 Å². The third-order valence-electron chi connectivity index (χ3n) is 4.64. The van der Waals surface area contributed by atoms with Crippen LogP contribution in [0.4, 0.5) is 11.4 Å². The SMILES string of the molecule is CC[C@@H](CNC(=O)[C@H](C)OC(=O)c1cc([N+](=O)[O-])ccc1NC)c1ccccc1. The highest BCUT2D eigenvalue weighted by molar-refractivity contribution is 5.98. The second-order valence-corrected chi connectivity index (χ2v) is 6.55. The molecule has 8 heteroatoms. The smallest absolute Gasteiger partial charge is 0.341 e. The van der Waals surface area contributed by atoms with Crippen LogP contribution < -0.4 is 10.6 Å². The molecule has 29 heavy (non-hydrogen) atoms. The predicted octanol–water partition coefficient (Wildman–Crippen LogP) is 3.49. The third kappa shape index (κ3) is 5.78. The number of benzene rings is 2. The largest absolute Gasteiger partial charge is 0.449 e. The molecule has 0 saturated heterocycles. The molecular formula is C21H25N3O5. The van der Waals surface area contributed by atoms with Gasteiger partial charge in [-0.2, -0.15) is 0 Å². The first-order valence-electron chi connectivity index (χ1n) is 9.37. The van der Waals surface area contributed by atoms with E-state index in [-0.39, 0.29) is 17.2 Å². The Balaban J connectivity index is 2.01. The predicted molar refractivity (Wildman–Crippen MR) is 110 cm³/mol. The molecule has 2 aromatic rings. The summed E-state index contributed by atoms with van der Waals surface area (Å²) in [5.41, 5.74) is 1.26. The van der Waals surface area contributed by atoms with Crippen LogP contribution in [0.5, 0.6) is 0 Å². The number of anilines is 1. The van der Waals surface area contributed by atoms with E-state index in [9.17, 15) is 19.7 Å². The van der Waals surface area contributed by atoms with E-state index in [0.717, 1.165) is 18.1 Å². The van der Waals surface area contributed by atoms with Crippen molar-refractivity contribution in [3.63, 3.8) is 0 Å². The summed E-state index contributed by atoms with van der Waals surface area (Å²) >= 11 is 0. The van der Waals surface area contributed by atoms with Crippen molar-refractivity contribution in [1.29, 1.82) is 0 Å². The average molecular weight is 399 g/mol. The fourth-order valence-corrected chi connectivity index (χ4v) is 2.90.